The zero-order valence-corrected chi connectivity index (χ0v) is 12.0. The maximum Gasteiger partial charge on any atom is 0.527 e. The van der Waals surface area contributed by atoms with Crippen LogP contribution in [0, 0.1) is 0 Å². The van der Waals surface area contributed by atoms with Gasteiger partial charge in [-0.2, -0.15) is 0 Å². The first kappa shape index (κ1) is 15.2. The molecule has 1 N–H and O–H groups in total. The zero-order chi connectivity index (χ0) is 13.6. The highest BCUT2D eigenvalue weighted by molar-refractivity contribution is 7.47. The van der Waals surface area contributed by atoms with E-state index < -0.39 is 7.82 Å². The average Bonchev–Trinajstić information content (AvgIpc) is 2.29. The number of benzene rings is 1. The molecule has 1 rings (SSSR count). The standard InChI is InChI=1S/C13H21O4P/c1-4-5-10-16-18(14,15)17-13-8-6-12(7-9-13)11(2)3/h6-9,11H,4-5,10H2,1-3H3,(H,14,15). The molecule has 1 atom stereocenters. The molecular weight excluding hydrogens is 251 g/mol. The molecule has 1 aromatic rings. The van der Waals surface area contributed by atoms with E-state index in [1.54, 1.807) is 12.1 Å². The molecule has 0 spiro atoms. The third kappa shape index (κ3) is 5.21. The van der Waals surface area contributed by atoms with Crippen molar-refractivity contribution in [2.45, 2.75) is 39.5 Å². The fourth-order valence-electron chi connectivity index (χ4n) is 1.40. The first-order valence-electron chi connectivity index (χ1n) is 6.21. The van der Waals surface area contributed by atoms with Gasteiger partial charge in [0.15, 0.2) is 0 Å². The molecule has 0 heterocycles. The molecular formula is C13H21O4P. The van der Waals surface area contributed by atoms with Crippen molar-refractivity contribution in [3.05, 3.63) is 29.8 Å². The van der Waals surface area contributed by atoms with Gasteiger partial charge in [0, 0.05) is 0 Å². The summed E-state index contributed by atoms with van der Waals surface area (Å²) in [5, 5.41) is 0. The number of phosphoric ester groups is 1. The SMILES string of the molecule is CCCCOP(=O)(O)Oc1ccc(C(C)C)cc1. The molecule has 4 nitrogen and oxygen atoms in total. The predicted octanol–water partition coefficient (Wildman–Crippen LogP) is 4.11. The smallest absolute Gasteiger partial charge is 0.404 e. The van der Waals surface area contributed by atoms with Gasteiger partial charge >= 0.3 is 7.82 Å². The highest BCUT2D eigenvalue weighted by atomic mass is 31.2. The van der Waals surface area contributed by atoms with Crippen LogP contribution in [0.4, 0.5) is 0 Å². The van der Waals surface area contributed by atoms with Crippen LogP contribution in [0.2, 0.25) is 0 Å². The van der Waals surface area contributed by atoms with Crippen molar-refractivity contribution < 1.29 is 18.5 Å². The maximum absolute atomic E-state index is 11.6. The molecule has 18 heavy (non-hydrogen) atoms. The Morgan fingerprint density at radius 3 is 2.39 bits per heavy atom. The molecule has 1 aromatic carbocycles. The van der Waals surface area contributed by atoms with Crippen LogP contribution in [-0.2, 0) is 9.09 Å². The Bertz CT molecular complexity index is 400. The van der Waals surface area contributed by atoms with E-state index >= 15 is 0 Å². The minimum Gasteiger partial charge on any atom is -0.404 e. The molecule has 0 amide bonds. The third-order valence-corrected chi connectivity index (χ3v) is 3.47. The Labute approximate surface area is 109 Å². The minimum atomic E-state index is -3.98. The van der Waals surface area contributed by atoms with E-state index in [9.17, 15) is 9.46 Å². The van der Waals surface area contributed by atoms with Gasteiger partial charge in [-0.15, -0.1) is 0 Å². The lowest BCUT2D eigenvalue weighted by Gasteiger charge is -2.13. The van der Waals surface area contributed by atoms with Gasteiger partial charge in [-0.05, 0) is 30.0 Å². The molecule has 0 bridgehead atoms. The van der Waals surface area contributed by atoms with Gasteiger partial charge < -0.3 is 4.52 Å². The van der Waals surface area contributed by atoms with E-state index in [1.165, 1.54) is 0 Å². The van der Waals surface area contributed by atoms with Crippen LogP contribution in [0.15, 0.2) is 24.3 Å². The summed E-state index contributed by atoms with van der Waals surface area (Å²) in [6.07, 6.45) is 1.64. The van der Waals surface area contributed by atoms with Crippen LogP contribution in [0.3, 0.4) is 0 Å². The van der Waals surface area contributed by atoms with E-state index in [2.05, 4.69) is 13.8 Å². The van der Waals surface area contributed by atoms with Crippen molar-refractivity contribution in [1.82, 2.24) is 0 Å². The van der Waals surface area contributed by atoms with Crippen LogP contribution < -0.4 is 4.52 Å². The molecule has 0 aliphatic rings. The van der Waals surface area contributed by atoms with Crippen LogP contribution >= 0.6 is 7.82 Å². The Morgan fingerprint density at radius 1 is 1.28 bits per heavy atom. The predicted molar refractivity (Wildman–Crippen MR) is 71.8 cm³/mol. The Kier molecular flexibility index (Phi) is 5.86. The van der Waals surface area contributed by atoms with Gasteiger partial charge in [0.1, 0.15) is 5.75 Å². The molecule has 102 valence electrons. The van der Waals surface area contributed by atoms with E-state index in [1.807, 2.05) is 19.1 Å². The average molecular weight is 272 g/mol. The molecule has 0 aromatic heterocycles. The molecule has 0 fully saturated rings. The van der Waals surface area contributed by atoms with Gasteiger partial charge in [0.05, 0.1) is 6.61 Å². The van der Waals surface area contributed by atoms with Gasteiger partial charge in [0.25, 0.3) is 0 Å². The quantitative estimate of drug-likeness (QED) is 0.599. The Hall–Kier alpha value is -0.830. The van der Waals surface area contributed by atoms with E-state index in [4.69, 9.17) is 9.05 Å². The topological polar surface area (TPSA) is 55.8 Å². The van der Waals surface area contributed by atoms with Crippen molar-refractivity contribution in [1.29, 1.82) is 0 Å². The van der Waals surface area contributed by atoms with E-state index in [0.717, 1.165) is 18.4 Å². The van der Waals surface area contributed by atoms with Gasteiger partial charge in [0.2, 0.25) is 0 Å². The first-order valence-corrected chi connectivity index (χ1v) is 7.71. The van der Waals surface area contributed by atoms with Crippen LogP contribution in [-0.4, -0.2) is 11.5 Å². The van der Waals surface area contributed by atoms with Gasteiger partial charge in [-0.1, -0.05) is 39.3 Å². The number of hydrogen-bond acceptors (Lipinski definition) is 3. The molecule has 0 aliphatic heterocycles. The zero-order valence-electron chi connectivity index (χ0n) is 11.1. The number of phosphoric acid groups is 1. The molecule has 0 aliphatic carbocycles. The molecule has 0 saturated carbocycles. The number of hydrogen-bond donors (Lipinski definition) is 1. The molecule has 0 saturated heterocycles. The van der Waals surface area contributed by atoms with Gasteiger partial charge in [-0.3, -0.25) is 9.42 Å². The normalized spacial score (nSPS) is 14.5. The fraction of sp³-hybridized carbons (Fsp3) is 0.538. The largest absolute Gasteiger partial charge is 0.527 e. The highest BCUT2D eigenvalue weighted by Gasteiger charge is 2.22. The molecule has 0 radical (unpaired) electrons. The van der Waals surface area contributed by atoms with Crippen molar-refractivity contribution in [2.24, 2.45) is 0 Å². The summed E-state index contributed by atoms with van der Waals surface area (Å²) in [4.78, 5) is 9.48. The number of rotatable bonds is 7. The third-order valence-electron chi connectivity index (χ3n) is 2.52. The Balaban J connectivity index is 2.58. The summed E-state index contributed by atoms with van der Waals surface area (Å²) < 4.78 is 21.4. The summed E-state index contributed by atoms with van der Waals surface area (Å²) >= 11 is 0. The monoisotopic (exact) mass is 272 g/mol. The number of unbranched alkanes of at least 4 members (excludes halogenated alkanes) is 1. The minimum absolute atomic E-state index is 0.231. The second-order valence-corrected chi connectivity index (χ2v) is 5.85. The van der Waals surface area contributed by atoms with Crippen LogP contribution in [0.1, 0.15) is 45.1 Å². The van der Waals surface area contributed by atoms with E-state index in [0.29, 0.717) is 11.7 Å². The van der Waals surface area contributed by atoms with E-state index in [-0.39, 0.29) is 6.61 Å². The summed E-state index contributed by atoms with van der Waals surface area (Å²) in [6, 6.07) is 7.13. The van der Waals surface area contributed by atoms with Crippen molar-refractivity contribution in [3.8, 4) is 5.75 Å². The molecule has 5 heteroatoms. The van der Waals surface area contributed by atoms with Crippen LogP contribution in [0.5, 0.6) is 5.75 Å². The summed E-state index contributed by atoms with van der Waals surface area (Å²) in [5.74, 6) is 0.766. The lowest BCUT2D eigenvalue weighted by molar-refractivity contribution is 0.201. The highest BCUT2D eigenvalue weighted by Crippen LogP contribution is 2.44. The fourth-order valence-corrected chi connectivity index (χ4v) is 2.20. The van der Waals surface area contributed by atoms with Gasteiger partial charge in [-0.25, -0.2) is 4.57 Å². The Morgan fingerprint density at radius 2 is 1.89 bits per heavy atom. The second kappa shape index (κ2) is 6.93. The first-order chi connectivity index (χ1) is 8.44. The molecule has 1 unspecified atom stereocenters. The second-order valence-electron chi connectivity index (χ2n) is 4.47. The lowest BCUT2D eigenvalue weighted by atomic mass is 10.0. The van der Waals surface area contributed by atoms with Crippen molar-refractivity contribution in [2.75, 3.05) is 6.61 Å². The summed E-state index contributed by atoms with van der Waals surface area (Å²) in [6.45, 7) is 6.38. The van der Waals surface area contributed by atoms with Crippen LogP contribution in [0.25, 0.3) is 0 Å². The summed E-state index contributed by atoms with van der Waals surface area (Å²) in [5.41, 5.74) is 1.15. The lowest BCUT2D eigenvalue weighted by Crippen LogP contribution is -1.99. The summed E-state index contributed by atoms with van der Waals surface area (Å²) in [7, 11) is -3.98. The van der Waals surface area contributed by atoms with Crippen molar-refractivity contribution >= 4 is 7.82 Å². The van der Waals surface area contributed by atoms with Crippen molar-refractivity contribution in [3.63, 3.8) is 0 Å². The maximum atomic E-state index is 11.6.